The minimum absolute atomic E-state index is 0.0422. The lowest BCUT2D eigenvalue weighted by atomic mass is 10.2. The van der Waals surface area contributed by atoms with Crippen molar-refractivity contribution in [2.45, 2.75) is 11.4 Å². The van der Waals surface area contributed by atoms with E-state index in [-0.39, 0.29) is 17.1 Å². The van der Waals surface area contributed by atoms with Gasteiger partial charge in [-0.3, -0.25) is 10.1 Å². The van der Waals surface area contributed by atoms with E-state index in [0.717, 1.165) is 0 Å². The van der Waals surface area contributed by atoms with Crippen molar-refractivity contribution in [3.05, 3.63) is 68.7 Å². The average molecular weight is 371 g/mol. The highest BCUT2D eigenvalue weighted by atomic mass is 79.9. The van der Waals surface area contributed by atoms with Gasteiger partial charge in [0.1, 0.15) is 0 Å². The second-order valence-corrected chi connectivity index (χ2v) is 6.79. The Morgan fingerprint density at radius 2 is 1.81 bits per heavy atom. The van der Waals surface area contributed by atoms with Crippen LogP contribution in [0.3, 0.4) is 0 Å². The number of halogens is 1. The van der Waals surface area contributed by atoms with Gasteiger partial charge in [-0.15, -0.1) is 0 Å². The Labute approximate surface area is 130 Å². The molecule has 2 aromatic rings. The smallest absolute Gasteiger partial charge is 0.258 e. The van der Waals surface area contributed by atoms with Gasteiger partial charge in [0.25, 0.3) is 5.69 Å². The third-order valence-electron chi connectivity index (χ3n) is 2.75. The molecular formula is C13H11BrN2O4S. The summed E-state index contributed by atoms with van der Waals surface area (Å²) in [4.78, 5) is 10.4. The second kappa shape index (κ2) is 6.33. The zero-order valence-corrected chi connectivity index (χ0v) is 13.1. The number of hydrogen-bond donors (Lipinski definition) is 1. The minimum atomic E-state index is -3.65. The summed E-state index contributed by atoms with van der Waals surface area (Å²) in [5.74, 6) is 0. The maximum Gasteiger partial charge on any atom is 0.269 e. The van der Waals surface area contributed by atoms with Crippen LogP contribution >= 0.6 is 15.9 Å². The summed E-state index contributed by atoms with van der Waals surface area (Å²) >= 11 is 3.25. The lowest BCUT2D eigenvalue weighted by Gasteiger charge is -2.08. The van der Waals surface area contributed by atoms with Crippen LogP contribution in [0.15, 0.2) is 57.9 Å². The summed E-state index contributed by atoms with van der Waals surface area (Å²) < 4.78 is 27.2. The quantitative estimate of drug-likeness (QED) is 0.647. The van der Waals surface area contributed by atoms with Crippen LogP contribution in [0.4, 0.5) is 5.69 Å². The molecule has 0 heterocycles. The number of nitrogens with zero attached hydrogens (tertiary/aromatic N) is 1. The van der Waals surface area contributed by atoms with Gasteiger partial charge in [-0.25, -0.2) is 13.1 Å². The van der Waals surface area contributed by atoms with Gasteiger partial charge < -0.3 is 0 Å². The molecule has 2 rings (SSSR count). The number of non-ortho nitro benzene ring substituents is 1. The van der Waals surface area contributed by atoms with Crippen molar-refractivity contribution in [1.82, 2.24) is 4.72 Å². The summed E-state index contributed by atoms with van der Waals surface area (Å²) in [5.41, 5.74) is 0.399. The molecule has 0 amide bonds. The van der Waals surface area contributed by atoms with Crippen molar-refractivity contribution in [3.63, 3.8) is 0 Å². The molecule has 0 bridgehead atoms. The predicted octanol–water partition coefficient (Wildman–Crippen LogP) is 2.84. The highest BCUT2D eigenvalue weighted by Gasteiger charge is 2.15. The first-order chi connectivity index (χ1) is 9.90. The van der Waals surface area contributed by atoms with Gasteiger partial charge >= 0.3 is 0 Å². The summed E-state index contributed by atoms with van der Waals surface area (Å²) in [6, 6.07) is 12.1. The molecule has 0 aliphatic heterocycles. The van der Waals surface area contributed by atoms with Crippen LogP contribution in [0.25, 0.3) is 0 Å². The first kappa shape index (κ1) is 15.6. The van der Waals surface area contributed by atoms with Crippen molar-refractivity contribution in [3.8, 4) is 0 Å². The van der Waals surface area contributed by atoms with E-state index in [4.69, 9.17) is 0 Å². The molecule has 0 aliphatic carbocycles. The fourth-order valence-corrected chi connectivity index (χ4v) is 3.08. The fourth-order valence-electron chi connectivity index (χ4n) is 1.67. The number of rotatable bonds is 5. The Morgan fingerprint density at radius 1 is 1.14 bits per heavy atom. The molecule has 0 aliphatic rings. The lowest BCUT2D eigenvalue weighted by molar-refractivity contribution is -0.384. The summed E-state index contributed by atoms with van der Waals surface area (Å²) in [6.45, 7) is -0.0422. The molecular weight excluding hydrogens is 360 g/mol. The molecule has 0 saturated heterocycles. The summed E-state index contributed by atoms with van der Waals surface area (Å²) in [5, 5.41) is 10.7. The van der Waals surface area contributed by atoms with Crippen LogP contribution in [0.1, 0.15) is 5.56 Å². The maximum absolute atomic E-state index is 12.1. The van der Waals surface area contributed by atoms with Gasteiger partial charge in [-0.1, -0.05) is 34.1 Å². The third kappa shape index (κ3) is 3.87. The number of nitro benzene ring substituents is 1. The van der Waals surface area contributed by atoms with E-state index in [9.17, 15) is 18.5 Å². The van der Waals surface area contributed by atoms with Crippen LogP contribution in [0.2, 0.25) is 0 Å². The molecule has 6 nitrogen and oxygen atoms in total. The Kier molecular flexibility index (Phi) is 4.71. The molecule has 0 spiro atoms. The van der Waals surface area contributed by atoms with E-state index in [1.54, 1.807) is 18.2 Å². The molecule has 2 aromatic carbocycles. The Morgan fingerprint density at radius 3 is 2.43 bits per heavy atom. The van der Waals surface area contributed by atoms with E-state index in [2.05, 4.69) is 20.7 Å². The Balaban J connectivity index is 2.20. The van der Waals surface area contributed by atoms with E-state index < -0.39 is 14.9 Å². The molecule has 0 unspecified atom stereocenters. The summed E-state index contributed by atoms with van der Waals surface area (Å²) in [7, 11) is -3.65. The van der Waals surface area contributed by atoms with Gasteiger partial charge in [0.2, 0.25) is 10.0 Å². The first-order valence-corrected chi connectivity index (χ1v) is 8.15. The van der Waals surface area contributed by atoms with Gasteiger partial charge in [-0.05, 0) is 23.8 Å². The zero-order valence-electron chi connectivity index (χ0n) is 10.7. The van der Waals surface area contributed by atoms with Gasteiger partial charge in [-0.2, -0.15) is 0 Å². The van der Waals surface area contributed by atoms with Crippen molar-refractivity contribution in [2.75, 3.05) is 0 Å². The molecule has 0 radical (unpaired) electrons. The van der Waals surface area contributed by atoms with E-state index in [1.807, 2.05) is 0 Å². The first-order valence-electron chi connectivity index (χ1n) is 5.88. The molecule has 0 atom stereocenters. The normalized spacial score (nSPS) is 11.3. The number of nitro groups is 1. The van der Waals surface area contributed by atoms with Crippen LogP contribution in [0, 0.1) is 10.1 Å². The highest BCUT2D eigenvalue weighted by molar-refractivity contribution is 9.10. The average Bonchev–Trinajstić information content (AvgIpc) is 2.47. The Hall–Kier alpha value is -1.77. The lowest BCUT2D eigenvalue weighted by Crippen LogP contribution is -2.23. The standard InChI is InChI=1S/C13H11BrN2O4S/c14-13-7-6-11(16(17)18)8-10(13)9-15-21(19,20)12-4-2-1-3-5-12/h1-8,15H,9H2. The number of nitrogens with one attached hydrogen (secondary N) is 1. The van der Waals surface area contributed by atoms with E-state index >= 15 is 0 Å². The summed E-state index contributed by atoms with van der Waals surface area (Å²) in [6.07, 6.45) is 0. The maximum atomic E-state index is 12.1. The van der Waals surface area contributed by atoms with Crippen molar-refractivity contribution < 1.29 is 13.3 Å². The van der Waals surface area contributed by atoms with Crippen molar-refractivity contribution in [1.29, 1.82) is 0 Å². The molecule has 0 saturated carbocycles. The van der Waals surface area contributed by atoms with E-state index in [1.165, 1.54) is 30.3 Å². The topological polar surface area (TPSA) is 89.3 Å². The van der Waals surface area contributed by atoms with Crippen LogP contribution in [-0.2, 0) is 16.6 Å². The van der Waals surface area contributed by atoms with Crippen LogP contribution in [-0.4, -0.2) is 13.3 Å². The SMILES string of the molecule is O=[N+]([O-])c1ccc(Br)c(CNS(=O)(=O)c2ccccc2)c1. The molecule has 1 N–H and O–H groups in total. The van der Waals surface area contributed by atoms with Crippen molar-refractivity contribution in [2.24, 2.45) is 0 Å². The van der Waals surface area contributed by atoms with Crippen molar-refractivity contribution >= 4 is 31.6 Å². The second-order valence-electron chi connectivity index (χ2n) is 4.17. The Bertz CT molecular complexity index is 763. The fraction of sp³-hybridized carbons (Fsp3) is 0.0769. The van der Waals surface area contributed by atoms with Gasteiger partial charge in [0.15, 0.2) is 0 Å². The number of benzene rings is 2. The van der Waals surface area contributed by atoms with Gasteiger partial charge in [0.05, 0.1) is 9.82 Å². The largest absolute Gasteiger partial charge is 0.269 e. The van der Waals surface area contributed by atoms with Gasteiger partial charge in [0, 0.05) is 23.2 Å². The third-order valence-corrected chi connectivity index (χ3v) is 4.94. The molecule has 0 aromatic heterocycles. The van der Waals surface area contributed by atoms with Crippen LogP contribution < -0.4 is 4.72 Å². The highest BCUT2D eigenvalue weighted by Crippen LogP contribution is 2.23. The molecule has 0 fully saturated rings. The molecule has 8 heteroatoms. The molecule has 21 heavy (non-hydrogen) atoms. The van der Waals surface area contributed by atoms with Crippen LogP contribution in [0.5, 0.6) is 0 Å². The number of hydrogen-bond acceptors (Lipinski definition) is 4. The zero-order chi connectivity index (χ0) is 15.5. The molecule has 110 valence electrons. The van der Waals surface area contributed by atoms with E-state index in [0.29, 0.717) is 10.0 Å². The minimum Gasteiger partial charge on any atom is -0.258 e. The predicted molar refractivity (Wildman–Crippen MR) is 81.3 cm³/mol. The monoisotopic (exact) mass is 370 g/mol. The number of sulfonamides is 1.